The van der Waals surface area contributed by atoms with E-state index in [1.807, 2.05) is 13.8 Å². The van der Waals surface area contributed by atoms with Gasteiger partial charge in [0.15, 0.2) is 11.5 Å². The Kier molecular flexibility index (Phi) is 6.60. The first-order chi connectivity index (χ1) is 12.4. The van der Waals surface area contributed by atoms with Crippen LogP contribution in [0.3, 0.4) is 0 Å². The molecule has 0 spiro atoms. The lowest BCUT2D eigenvalue weighted by Crippen LogP contribution is -2.13. The molecule has 0 saturated heterocycles. The summed E-state index contributed by atoms with van der Waals surface area (Å²) in [6.07, 6.45) is 0.805. The molecule has 0 atom stereocenters. The zero-order chi connectivity index (χ0) is 19.1. The van der Waals surface area contributed by atoms with Gasteiger partial charge in [0.2, 0.25) is 5.91 Å². The topological polar surface area (TPSA) is 84.9 Å². The Hall–Kier alpha value is -3.02. The molecule has 1 amide bonds. The van der Waals surface area contributed by atoms with Crippen LogP contribution in [-0.2, 0) is 11.2 Å². The summed E-state index contributed by atoms with van der Waals surface area (Å²) in [5, 5.41) is 11.7. The van der Waals surface area contributed by atoms with Crippen LogP contribution in [0, 0.1) is 0 Å². The molecule has 2 N–H and O–H groups in total. The predicted molar refractivity (Wildman–Crippen MR) is 99.1 cm³/mol. The summed E-state index contributed by atoms with van der Waals surface area (Å²) in [5.41, 5.74) is 1.77. The number of aromatic carboxylic acids is 1. The molecule has 0 saturated carbocycles. The second-order valence-electron chi connectivity index (χ2n) is 6.08. The highest BCUT2D eigenvalue weighted by Gasteiger charge is 2.10. The van der Waals surface area contributed by atoms with Crippen LogP contribution in [-0.4, -0.2) is 30.2 Å². The number of nitrogens with one attached hydrogen (secondary N) is 1. The fraction of sp³-hybridized carbons (Fsp3) is 0.300. The Morgan fingerprint density at radius 3 is 2.35 bits per heavy atom. The van der Waals surface area contributed by atoms with Crippen molar-refractivity contribution in [1.29, 1.82) is 0 Å². The van der Waals surface area contributed by atoms with Gasteiger partial charge < -0.3 is 19.9 Å². The number of carboxylic acids is 1. The van der Waals surface area contributed by atoms with E-state index in [4.69, 9.17) is 14.6 Å². The van der Waals surface area contributed by atoms with Crippen molar-refractivity contribution in [2.75, 3.05) is 12.4 Å². The Morgan fingerprint density at radius 1 is 1.08 bits per heavy atom. The number of methoxy groups -OCH3 is 1. The molecule has 0 bridgehead atoms. The van der Waals surface area contributed by atoms with Gasteiger partial charge in [-0.25, -0.2) is 4.79 Å². The van der Waals surface area contributed by atoms with E-state index in [1.54, 1.807) is 37.4 Å². The number of carboxylic acid groups (broad SMARTS) is 1. The molecule has 0 aromatic heterocycles. The van der Waals surface area contributed by atoms with Crippen LogP contribution in [0.1, 0.15) is 36.2 Å². The molecule has 0 fully saturated rings. The summed E-state index contributed by atoms with van der Waals surface area (Å²) >= 11 is 0. The fourth-order valence-corrected chi connectivity index (χ4v) is 2.40. The van der Waals surface area contributed by atoms with Crippen molar-refractivity contribution in [3.63, 3.8) is 0 Å². The van der Waals surface area contributed by atoms with Gasteiger partial charge in [0.25, 0.3) is 0 Å². The predicted octanol–water partition coefficient (Wildman–Crippen LogP) is 3.75. The SMILES string of the molecule is COc1ccc(NC(=O)CCc2ccc(C(=O)O)cc2)cc1OC(C)C. The minimum Gasteiger partial charge on any atom is -0.493 e. The lowest BCUT2D eigenvalue weighted by atomic mass is 10.1. The van der Waals surface area contributed by atoms with Crippen LogP contribution >= 0.6 is 0 Å². The highest BCUT2D eigenvalue weighted by atomic mass is 16.5. The van der Waals surface area contributed by atoms with Crippen molar-refractivity contribution < 1.29 is 24.2 Å². The molecule has 0 aliphatic carbocycles. The Labute approximate surface area is 152 Å². The third kappa shape index (κ3) is 5.51. The number of benzene rings is 2. The molecular formula is C20H23NO5. The van der Waals surface area contributed by atoms with E-state index < -0.39 is 5.97 Å². The zero-order valence-electron chi connectivity index (χ0n) is 15.1. The summed E-state index contributed by atoms with van der Waals surface area (Å²) in [4.78, 5) is 23.0. The summed E-state index contributed by atoms with van der Waals surface area (Å²) < 4.78 is 11.0. The Morgan fingerprint density at radius 2 is 1.77 bits per heavy atom. The van der Waals surface area contributed by atoms with Gasteiger partial charge in [-0.3, -0.25) is 4.79 Å². The lowest BCUT2D eigenvalue weighted by Gasteiger charge is -2.15. The van der Waals surface area contributed by atoms with Crippen molar-refractivity contribution in [3.05, 3.63) is 53.6 Å². The second kappa shape index (κ2) is 8.89. The zero-order valence-corrected chi connectivity index (χ0v) is 15.1. The Bertz CT molecular complexity index is 768. The molecule has 2 rings (SSSR count). The van der Waals surface area contributed by atoms with E-state index in [0.29, 0.717) is 30.0 Å². The first kappa shape index (κ1) is 19.3. The van der Waals surface area contributed by atoms with Crippen LogP contribution in [0.2, 0.25) is 0 Å². The maximum absolute atomic E-state index is 12.2. The van der Waals surface area contributed by atoms with Crippen LogP contribution in [0.5, 0.6) is 11.5 Å². The van der Waals surface area contributed by atoms with Crippen LogP contribution in [0.15, 0.2) is 42.5 Å². The van der Waals surface area contributed by atoms with E-state index >= 15 is 0 Å². The van der Waals surface area contributed by atoms with Crippen molar-refractivity contribution in [2.45, 2.75) is 32.8 Å². The quantitative estimate of drug-likeness (QED) is 0.751. The first-order valence-electron chi connectivity index (χ1n) is 8.36. The van der Waals surface area contributed by atoms with Gasteiger partial charge in [-0.15, -0.1) is 0 Å². The minimum absolute atomic E-state index is 0.0105. The molecule has 0 aliphatic heterocycles. The number of hydrogen-bond donors (Lipinski definition) is 2. The molecule has 6 nitrogen and oxygen atoms in total. The highest BCUT2D eigenvalue weighted by Crippen LogP contribution is 2.31. The molecular weight excluding hydrogens is 334 g/mol. The minimum atomic E-state index is -0.965. The second-order valence-corrected chi connectivity index (χ2v) is 6.08. The average molecular weight is 357 g/mol. The normalized spacial score (nSPS) is 10.5. The van der Waals surface area contributed by atoms with Crippen molar-refractivity contribution in [3.8, 4) is 11.5 Å². The maximum atomic E-state index is 12.2. The van der Waals surface area contributed by atoms with Crippen LogP contribution in [0.4, 0.5) is 5.69 Å². The molecule has 0 radical (unpaired) electrons. The number of anilines is 1. The van der Waals surface area contributed by atoms with E-state index in [0.717, 1.165) is 5.56 Å². The van der Waals surface area contributed by atoms with E-state index in [-0.39, 0.29) is 17.6 Å². The number of carbonyl (C=O) groups is 2. The third-order valence-electron chi connectivity index (χ3n) is 3.65. The van der Waals surface area contributed by atoms with Gasteiger partial charge in [0.05, 0.1) is 18.8 Å². The van der Waals surface area contributed by atoms with E-state index in [9.17, 15) is 9.59 Å². The molecule has 2 aromatic carbocycles. The Balaban J connectivity index is 1.95. The fourth-order valence-electron chi connectivity index (χ4n) is 2.40. The van der Waals surface area contributed by atoms with Crippen molar-refractivity contribution in [1.82, 2.24) is 0 Å². The van der Waals surface area contributed by atoms with E-state index in [1.165, 1.54) is 12.1 Å². The molecule has 0 aliphatic rings. The van der Waals surface area contributed by atoms with Gasteiger partial charge in [-0.1, -0.05) is 12.1 Å². The largest absolute Gasteiger partial charge is 0.493 e. The third-order valence-corrected chi connectivity index (χ3v) is 3.65. The number of aryl methyl sites for hydroxylation is 1. The van der Waals surface area contributed by atoms with Crippen LogP contribution < -0.4 is 14.8 Å². The van der Waals surface area contributed by atoms with Crippen molar-refractivity contribution >= 4 is 17.6 Å². The molecule has 0 unspecified atom stereocenters. The highest BCUT2D eigenvalue weighted by molar-refractivity contribution is 5.91. The summed E-state index contributed by atoms with van der Waals surface area (Å²) in [6.45, 7) is 3.83. The summed E-state index contributed by atoms with van der Waals surface area (Å²) in [6, 6.07) is 11.8. The van der Waals surface area contributed by atoms with Gasteiger partial charge in [0, 0.05) is 18.2 Å². The van der Waals surface area contributed by atoms with Gasteiger partial charge in [-0.05, 0) is 50.1 Å². The molecule has 0 heterocycles. The molecule has 6 heteroatoms. The average Bonchev–Trinajstić information content (AvgIpc) is 2.60. The summed E-state index contributed by atoms with van der Waals surface area (Å²) in [5.74, 6) is 0.0842. The number of rotatable bonds is 8. The smallest absolute Gasteiger partial charge is 0.335 e. The van der Waals surface area contributed by atoms with Gasteiger partial charge >= 0.3 is 5.97 Å². The number of carbonyl (C=O) groups excluding carboxylic acids is 1. The summed E-state index contributed by atoms with van der Waals surface area (Å²) in [7, 11) is 1.57. The number of hydrogen-bond acceptors (Lipinski definition) is 4. The molecule has 2 aromatic rings. The van der Waals surface area contributed by atoms with E-state index in [2.05, 4.69) is 5.32 Å². The van der Waals surface area contributed by atoms with Crippen LogP contribution in [0.25, 0.3) is 0 Å². The number of ether oxygens (including phenoxy) is 2. The molecule has 138 valence electrons. The standard InChI is InChI=1S/C20H23NO5/c1-13(2)26-18-12-16(9-10-17(18)25-3)21-19(22)11-6-14-4-7-15(8-5-14)20(23)24/h4-5,7-10,12-13H,6,11H2,1-3H3,(H,21,22)(H,23,24). The first-order valence-corrected chi connectivity index (χ1v) is 8.36. The van der Waals surface area contributed by atoms with Gasteiger partial charge in [-0.2, -0.15) is 0 Å². The lowest BCUT2D eigenvalue weighted by molar-refractivity contribution is -0.116. The van der Waals surface area contributed by atoms with Gasteiger partial charge in [0.1, 0.15) is 0 Å². The van der Waals surface area contributed by atoms with Crippen molar-refractivity contribution in [2.24, 2.45) is 0 Å². The molecule has 26 heavy (non-hydrogen) atoms. The number of amides is 1. The monoisotopic (exact) mass is 357 g/mol. The maximum Gasteiger partial charge on any atom is 0.335 e.